The molecule has 3 N–H and O–H groups in total. The van der Waals surface area contributed by atoms with Crippen molar-refractivity contribution in [2.45, 2.75) is 19.4 Å². The van der Waals surface area contributed by atoms with Crippen LogP contribution in [0.15, 0.2) is 6.07 Å². The molecule has 0 saturated carbocycles. The van der Waals surface area contributed by atoms with Gasteiger partial charge in [-0.05, 0) is 28.7 Å². The highest BCUT2D eigenvalue weighted by molar-refractivity contribution is 14.1. The molecule has 1 aromatic heterocycles. The Morgan fingerprint density at radius 3 is 2.69 bits per heavy atom. The number of carbonyl (C=O) groups is 1. The van der Waals surface area contributed by atoms with Gasteiger partial charge in [0.05, 0.1) is 12.1 Å². The molecule has 4 nitrogen and oxygen atoms in total. The maximum Gasteiger partial charge on any atom is 0.309 e. The van der Waals surface area contributed by atoms with E-state index in [-0.39, 0.29) is 29.8 Å². The summed E-state index contributed by atoms with van der Waals surface area (Å²) in [6, 6.07) is 1.10. The van der Waals surface area contributed by atoms with Gasteiger partial charge in [0, 0.05) is 17.7 Å². The highest BCUT2D eigenvalue weighted by atomic mass is 127. The Morgan fingerprint density at radius 2 is 2.25 bits per heavy atom. The number of rotatable bonds is 4. The lowest BCUT2D eigenvalue weighted by Gasteiger charge is -2.10. The number of alkyl halides is 2. The van der Waals surface area contributed by atoms with E-state index in [0.29, 0.717) is 3.70 Å². The zero-order chi connectivity index (χ0) is 12.3. The van der Waals surface area contributed by atoms with Crippen LogP contribution in [0.3, 0.4) is 0 Å². The van der Waals surface area contributed by atoms with Crippen molar-refractivity contribution >= 4 is 28.6 Å². The third-order valence-electron chi connectivity index (χ3n) is 1.93. The number of aliphatic carboxylic acids is 1. The molecule has 1 aromatic rings. The molecular weight excluding hydrogens is 333 g/mol. The van der Waals surface area contributed by atoms with Crippen LogP contribution in [-0.4, -0.2) is 16.1 Å². The van der Waals surface area contributed by atoms with Crippen LogP contribution < -0.4 is 5.73 Å². The Morgan fingerprint density at radius 1 is 1.62 bits per heavy atom. The van der Waals surface area contributed by atoms with E-state index in [2.05, 4.69) is 4.98 Å². The second-order valence-electron chi connectivity index (χ2n) is 3.05. The van der Waals surface area contributed by atoms with Gasteiger partial charge in [-0.2, -0.15) is 0 Å². The van der Waals surface area contributed by atoms with E-state index in [1.54, 1.807) is 22.6 Å². The number of aromatic nitrogens is 1. The average Bonchev–Trinajstić information content (AvgIpc) is 2.15. The van der Waals surface area contributed by atoms with Gasteiger partial charge in [-0.3, -0.25) is 4.79 Å². The fourth-order valence-electron chi connectivity index (χ4n) is 1.25. The van der Waals surface area contributed by atoms with Crippen LogP contribution >= 0.6 is 22.6 Å². The lowest BCUT2D eigenvalue weighted by Crippen LogP contribution is -2.11. The summed E-state index contributed by atoms with van der Waals surface area (Å²) < 4.78 is 25.7. The second kappa shape index (κ2) is 5.48. The smallest absolute Gasteiger partial charge is 0.309 e. The van der Waals surface area contributed by atoms with Gasteiger partial charge in [-0.25, -0.2) is 13.8 Å². The first kappa shape index (κ1) is 13.2. The fraction of sp³-hybridized carbons (Fsp3) is 0.333. The molecule has 88 valence electrons. The minimum absolute atomic E-state index is 0.0434. The van der Waals surface area contributed by atoms with Crippen LogP contribution in [0.4, 0.5) is 8.78 Å². The summed E-state index contributed by atoms with van der Waals surface area (Å²) in [6.07, 6.45) is -3.05. The molecule has 1 rings (SSSR count). The summed E-state index contributed by atoms with van der Waals surface area (Å²) in [5.74, 6) is -1.11. The molecule has 0 aliphatic heterocycles. The van der Waals surface area contributed by atoms with Gasteiger partial charge in [0.2, 0.25) is 0 Å². The fourth-order valence-corrected chi connectivity index (χ4v) is 2.10. The average molecular weight is 342 g/mol. The number of pyridine rings is 1. The molecule has 0 unspecified atom stereocenters. The maximum atomic E-state index is 12.7. The highest BCUT2D eigenvalue weighted by Gasteiger charge is 2.18. The van der Waals surface area contributed by atoms with E-state index in [9.17, 15) is 13.6 Å². The van der Waals surface area contributed by atoms with Crippen molar-refractivity contribution in [1.82, 2.24) is 4.98 Å². The number of carboxylic acids is 1. The van der Waals surface area contributed by atoms with Gasteiger partial charge >= 0.3 is 5.97 Å². The Balaban J connectivity index is 3.22. The summed E-state index contributed by atoms with van der Waals surface area (Å²) in [6.45, 7) is -0.0434. The molecule has 0 radical (unpaired) electrons. The molecule has 0 aromatic carbocycles. The minimum atomic E-state index is -2.68. The first-order valence-electron chi connectivity index (χ1n) is 4.34. The predicted molar refractivity (Wildman–Crippen MR) is 61.1 cm³/mol. The van der Waals surface area contributed by atoms with E-state index in [0.717, 1.165) is 6.07 Å². The van der Waals surface area contributed by atoms with Gasteiger partial charge in [-0.1, -0.05) is 0 Å². The lowest BCUT2D eigenvalue weighted by atomic mass is 10.1. The molecule has 0 spiro atoms. The largest absolute Gasteiger partial charge is 0.481 e. The van der Waals surface area contributed by atoms with Crippen LogP contribution in [-0.2, 0) is 17.8 Å². The van der Waals surface area contributed by atoms with Gasteiger partial charge in [0.15, 0.2) is 0 Å². The number of carboxylic acid groups (broad SMARTS) is 1. The Bertz CT molecular complexity index is 413. The summed E-state index contributed by atoms with van der Waals surface area (Å²) in [7, 11) is 0. The summed E-state index contributed by atoms with van der Waals surface area (Å²) >= 11 is 1.77. The molecule has 0 aliphatic rings. The Kier molecular flexibility index (Phi) is 4.54. The van der Waals surface area contributed by atoms with Crippen molar-refractivity contribution < 1.29 is 18.7 Å². The molecule has 16 heavy (non-hydrogen) atoms. The monoisotopic (exact) mass is 342 g/mol. The van der Waals surface area contributed by atoms with E-state index in [1.807, 2.05) is 0 Å². The van der Waals surface area contributed by atoms with Crippen LogP contribution in [0.2, 0.25) is 0 Å². The van der Waals surface area contributed by atoms with Gasteiger partial charge < -0.3 is 10.8 Å². The summed E-state index contributed by atoms with van der Waals surface area (Å²) in [5.41, 5.74) is 5.49. The van der Waals surface area contributed by atoms with Crippen LogP contribution in [0, 0.1) is 3.70 Å². The number of halogens is 3. The quantitative estimate of drug-likeness (QED) is 0.645. The standard InChI is InChI=1S/C9H9F2IN2O2/c10-8(11)5-1-4(2-7(15)16)14-9(12)6(5)3-13/h1,8H,2-3,13H2,(H,15,16). The third-order valence-corrected chi connectivity index (χ3v) is 2.83. The molecule has 0 atom stereocenters. The molecular formula is C9H9F2IN2O2. The summed E-state index contributed by atoms with van der Waals surface area (Å²) in [4.78, 5) is 14.4. The molecule has 0 bridgehead atoms. The first-order valence-corrected chi connectivity index (χ1v) is 5.41. The topological polar surface area (TPSA) is 76.2 Å². The molecule has 0 aliphatic carbocycles. The number of hydrogen-bond donors (Lipinski definition) is 2. The lowest BCUT2D eigenvalue weighted by molar-refractivity contribution is -0.136. The molecule has 0 amide bonds. The normalized spacial score (nSPS) is 10.8. The van der Waals surface area contributed by atoms with Crippen molar-refractivity contribution in [1.29, 1.82) is 0 Å². The Labute approximate surface area is 104 Å². The SMILES string of the molecule is NCc1c(C(F)F)cc(CC(=O)O)nc1I. The maximum absolute atomic E-state index is 12.7. The van der Waals surface area contributed by atoms with Crippen molar-refractivity contribution in [2.75, 3.05) is 0 Å². The van der Waals surface area contributed by atoms with E-state index in [4.69, 9.17) is 10.8 Å². The zero-order valence-electron chi connectivity index (χ0n) is 8.08. The predicted octanol–water partition coefficient (Wildman–Crippen LogP) is 1.71. The number of hydrogen-bond acceptors (Lipinski definition) is 3. The molecule has 1 heterocycles. The molecule has 0 saturated heterocycles. The Hall–Kier alpha value is -0.830. The van der Waals surface area contributed by atoms with Crippen molar-refractivity contribution in [2.24, 2.45) is 5.73 Å². The minimum Gasteiger partial charge on any atom is -0.481 e. The number of nitrogens with two attached hydrogens (primary N) is 1. The number of nitrogens with zero attached hydrogens (tertiary/aromatic N) is 1. The zero-order valence-corrected chi connectivity index (χ0v) is 10.2. The van der Waals surface area contributed by atoms with Crippen LogP contribution in [0.25, 0.3) is 0 Å². The third kappa shape index (κ3) is 3.08. The van der Waals surface area contributed by atoms with Crippen LogP contribution in [0.1, 0.15) is 23.2 Å². The summed E-state index contributed by atoms with van der Waals surface area (Å²) in [5, 5.41) is 8.56. The van der Waals surface area contributed by atoms with Crippen molar-refractivity contribution in [3.05, 3.63) is 26.6 Å². The van der Waals surface area contributed by atoms with Crippen LogP contribution in [0.5, 0.6) is 0 Å². The van der Waals surface area contributed by atoms with E-state index < -0.39 is 12.4 Å². The van der Waals surface area contributed by atoms with Crippen molar-refractivity contribution in [3.63, 3.8) is 0 Å². The second-order valence-corrected chi connectivity index (χ2v) is 4.07. The highest BCUT2D eigenvalue weighted by Crippen LogP contribution is 2.26. The molecule has 7 heteroatoms. The van der Waals surface area contributed by atoms with Gasteiger partial charge in [0.25, 0.3) is 6.43 Å². The van der Waals surface area contributed by atoms with Gasteiger partial charge in [0.1, 0.15) is 3.70 Å². The molecule has 0 fully saturated rings. The van der Waals surface area contributed by atoms with Crippen molar-refractivity contribution in [3.8, 4) is 0 Å². The first-order chi connectivity index (χ1) is 7.45. The van der Waals surface area contributed by atoms with E-state index >= 15 is 0 Å². The van der Waals surface area contributed by atoms with Gasteiger partial charge in [-0.15, -0.1) is 0 Å². The van der Waals surface area contributed by atoms with E-state index in [1.165, 1.54) is 0 Å².